The summed E-state index contributed by atoms with van der Waals surface area (Å²) >= 11 is -0.930. The molecule has 1 aliphatic rings. The Hall–Kier alpha value is -2.70. The summed E-state index contributed by atoms with van der Waals surface area (Å²) in [5, 5.41) is 0. The molecule has 0 spiro atoms. The predicted molar refractivity (Wildman–Crippen MR) is 120 cm³/mol. The van der Waals surface area contributed by atoms with E-state index in [2.05, 4.69) is 0 Å². The highest BCUT2D eigenvalue weighted by Gasteiger charge is 2.24. The van der Waals surface area contributed by atoms with Crippen LogP contribution in [0.5, 0.6) is 0 Å². The molecule has 4 nitrogen and oxygen atoms in total. The fourth-order valence-electron chi connectivity index (χ4n) is 3.78. The summed E-state index contributed by atoms with van der Waals surface area (Å²) in [6, 6.07) is 13.7. The van der Waals surface area contributed by atoms with E-state index in [4.69, 9.17) is 4.99 Å². The van der Waals surface area contributed by atoms with Gasteiger partial charge in [0.05, 0.1) is 11.8 Å². The Bertz CT molecular complexity index is 1180. The van der Waals surface area contributed by atoms with E-state index >= 15 is 0 Å². The number of hydrogen-bond acceptors (Lipinski definition) is 3. The zero-order valence-electron chi connectivity index (χ0n) is 17.2. The van der Waals surface area contributed by atoms with E-state index in [9.17, 15) is 13.7 Å². The van der Waals surface area contributed by atoms with Gasteiger partial charge in [-0.05, 0) is 66.5 Å². The van der Waals surface area contributed by atoms with E-state index in [0.717, 1.165) is 39.1 Å². The second-order valence-corrected chi connectivity index (χ2v) is 9.25. The van der Waals surface area contributed by atoms with E-state index in [1.165, 1.54) is 12.1 Å². The van der Waals surface area contributed by atoms with Gasteiger partial charge in [0.25, 0.3) is 5.56 Å². The molecule has 0 fully saturated rings. The van der Waals surface area contributed by atoms with Crippen LogP contribution in [0.15, 0.2) is 64.5 Å². The van der Waals surface area contributed by atoms with Crippen LogP contribution >= 0.6 is 0 Å². The monoisotopic (exact) mass is 422 g/mol. The Labute approximate surface area is 178 Å². The van der Waals surface area contributed by atoms with Gasteiger partial charge in [0.2, 0.25) is 0 Å². The highest BCUT2D eigenvalue weighted by Crippen LogP contribution is 2.37. The van der Waals surface area contributed by atoms with Gasteiger partial charge in [0.1, 0.15) is 17.3 Å². The number of aryl methyl sites for hydroxylation is 1. The molecule has 0 N–H and O–H groups in total. The molecular weight excluding hydrogens is 399 g/mol. The molecule has 4 rings (SSSR count). The van der Waals surface area contributed by atoms with Gasteiger partial charge in [-0.1, -0.05) is 12.1 Å². The van der Waals surface area contributed by atoms with Crippen molar-refractivity contribution in [3.63, 3.8) is 0 Å². The van der Waals surface area contributed by atoms with E-state index < -0.39 is 11.2 Å². The molecule has 1 aliphatic heterocycles. The first-order chi connectivity index (χ1) is 14.4. The number of rotatable bonds is 4. The van der Waals surface area contributed by atoms with Crippen molar-refractivity contribution in [3.8, 4) is 11.1 Å². The summed E-state index contributed by atoms with van der Waals surface area (Å²) in [7, 11) is 1.73. The maximum atomic E-state index is 13.5. The van der Waals surface area contributed by atoms with Crippen LogP contribution in [0.25, 0.3) is 11.1 Å². The minimum atomic E-state index is -0.930. The Morgan fingerprint density at radius 1 is 1.10 bits per heavy atom. The van der Waals surface area contributed by atoms with Gasteiger partial charge in [-0.2, -0.15) is 0 Å². The lowest BCUT2D eigenvalue weighted by molar-refractivity contribution is 0.595. The van der Waals surface area contributed by atoms with Crippen molar-refractivity contribution in [2.45, 2.75) is 25.6 Å². The summed E-state index contributed by atoms with van der Waals surface area (Å²) in [5.41, 5.74) is 6.10. The number of halogens is 1. The maximum Gasteiger partial charge on any atom is 0.250 e. The molecule has 0 radical (unpaired) electrons. The molecular formula is C24H23FN2O2S. The first-order valence-corrected chi connectivity index (χ1v) is 11.4. The van der Waals surface area contributed by atoms with E-state index in [-0.39, 0.29) is 17.4 Å². The lowest BCUT2D eigenvalue weighted by atomic mass is 9.91. The standard InChI is InChI=1S/C24H23FN2O2S/c1-4-30(29)14-16-5-10-19-21(11-16)22-13-27(3)23(28)12-20(22)15(2)26-24(19)17-6-8-18(25)9-7-17/h5-13,15H,4,14H2,1-3H3/t15-,30?/m0/s1. The minimum Gasteiger partial charge on any atom is -0.616 e. The number of benzene rings is 2. The summed E-state index contributed by atoms with van der Waals surface area (Å²) in [6.07, 6.45) is 1.84. The molecule has 0 amide bonds. The zero-order valence-corrected chi connectivity index (χ0v) is 18.0. The van der Waals surface area contributed by atoms with Crippen LogP contribution in [0.4, 0.5) is 4.39 Å². The van der Waals surface area contributed by atoms with Crippen LogP contribution < -0.4 is 5.56 Å². The quantitative estimate of drug-likeness (QED) is 0.586. The van der Waals surface area contributed by atoms with Crippen molar-refractivity contribution in [1.29, 1.82) is 0 Å². The molecule has 0 bridgehead atoms. The average molecular weight is 423 g/mol. The largest absolute Gasteiger partial charge is 0.616 e. The highest BCUT2D eigenvalue weighted by molar-refractivity contribution is 7.90. The summed E-state index contributed by atoms with van der Waals surface area (Å²) in [6.45, 7) is 3.87. The van der Waals surface area contributed by atoms with Crippen LogP contribution in [0.2, 0.25) is 0 Å². The summed E-state index contributed by atoms with van der Waals surface area (Å²) in [4.78, 5) is 17.3. The van der Waals surface area contributed by atoms with E-state index in [1.54, 1.807) is 29.8 Å². The average Bonchev–Trinajstić information content (AvgIpc) is 2.84. The SMILES string of the molecule is CC[S+]([O-])Cc1ccc2c(c1)-c1cn(C)c(=O)cc1[C@H](C)N=C2c1ccc(F)cc1. The summed E-state index contributed by atoms with van der Waals surface area (Å²) in [5.74, 6) is 0.773. The first kappa shape index (κ1) is 20.6. The number of hydrogen-bond donors (Lipinski definition) is 0. The number of nitrogens with zero attached hydrogens (tertiary/aromatic N) is 2. The molecule has 3 aromatic rings. The number of aliphatic imine (C=N–C) groups is 1. The predicted octanol–water partition coefficient (Wildman–Crippen LogP) is 4.37. The molecule has 6 heteroatoms. The molecule has 1 unspecified atom stereocenters. The molecule has 0 aliphatic carbocycles. The van der Waals surface area contributed by atoms with Crippen molar-refractivity contribution in [2.75, 3.05) is 5.75 Å². The van der Waals surface area contributed by atoms with Gasteiger partial charge in [-0.3, -0.25) is 9.79 Å². The lowest BCUT2D eigenvalue weighted by Crippen LogP contribution is -2.17. The topological polar surface area (TPSA) is 57.4 Å². The maximum absolute atomic E-state index is 13.5. The van der Waals surface area contributed by atoms with Crippen LogP contribution in [0.1, 0.15) is 42.1 Å². The van der Waals surface area contributed by atoms with Gasteiger partial charge >= 0.3 is 0 Å². The molecule has 154 valence electrons. The molecule has 30 heavy (non-hydrogen) atoms. The first-order valence-electron chi connectivity index (χ1n) is 9.90. The molecule has 1 aromatic heterocycles. The third kappa shape index (κ3) is 3.85. The van der Waals surface area contributed by atoms with Crippen molar-refractivity contribution < 1.29 is 8.94 Å². The molecule has 2 aromatic carbocycles. The zero-order chi connectivity index (χ0) is 21.4. The van der Waals surface area contributed by atoms with Crippen LogP contribution in [0.3, 0.4) is 0 Å². The molecule has 0 saturated carbocycles. The number of pyridine rings is 1. The highest BCUT2D eigenvalue weighted by atomic mass is 32.2. The van der Waals surface area contributed by atoms with Crippen molar-refractivity contribution in [2.24, 2.45) is 12.0 Å². The smallest absolute Gasteiger partial charge is 0.250 e. The third-order valence-corrected chi connectivity index (χ3v) is 6.73. The Morgan fingerprint density at radius 3 is 2.53 bits per heavy atom. The Balaban J connectivity index is 1.97. The fourth-order valence-corrected chi connectivity index (χ4v) is 4.54. The fraction of sp³-hybridized carbons (Fsp3) is 0.250. The summed E-state index contributed by atoms with van der Waals surface area (Å²) < 4.78 is 27.2. The molecule has 0 saturated heterocycles. The Kier molecular flexibility index (Phi) is 5.62. The van der Waals surface area contributed by atoms with E-state index in [0.29, 0.717) is 11.5 Å². The van der Waals surface area contributed by atoms with Crippen LogP contribution in [-0.4, -0.2) is 20.6 Å². The normalized spacial score (nSPS) is 16.3. The van der Waals surface area contributed by atoms with Crippen molar-refractivity contribution in [1.82, 2.24) is 4.57 Å². The van der Waals surface area contributed by atoms with Gasteiger partial charge in [-0.25, -0.2) is 4.39 Å². The lowest BCUT2D eigenvalue weighted by Gasteiger charge is -2.15. The van der Waals surface area contributed by atoms with Gasteiger partial charge < -0.3 is 9.12 Å². The minimum absolute atomic E-state index is 0.0918. The van der Waals surface area contributed by atoms with Gasteiger partial charge in [-0.15, -0.1) is 0 Å². The molecule has 2 heterocycles. The van der Waals surface area contributed by atoms with Crippen LogP contribution in [-0.2, 0) is 24.0 Å². The third-order valence-electron chi connectivity index (χ3n) is 5.43. The number of aromatic nitrogens is 1. The second-order valence-electron chi connectivity index (χ2n) is 7.50. The van der Waals surface area contributed by atoms with Gasteiger partial charge in [0.15, 0.2) is 0 Å². The van der Waals surface area contributed by atoms with Gasteiger partial charge in [0, 0.05) is 41.6 Å². The van der Waals surface area contributed by atoms with Crippen molar-refractivity contribution in [3.05, 3.63) is 93.2 Å². The second kappa shape index (κ2) is 8.20. The van der Waals surface area contributed by atoms with Crippen LogP contribution in [0, 0.1) is 5.82 Å². The van der Waals surface area contributed by atoms with E-state index in [1.807, 2.05) is 38.2 Å². The number of fused-ring (bicyclic) bond motifs is 3. The molecule has 2 atom stereocenters. The van der Waals surface area contributed by atoms with Crippen molar-refractivity contribution >= 4 is 16.9 Å². The Morgan fingerprint density at radius 2 is 1.83 bits per heavy atom.